The number of sulfonamides is 1. The molecule has 33 heavy (non-hydrogen) atoms. The molecule has 4 rings (SSSR count). The molecule has 2 aromatic carbocycles. The number of benzene rings is 2. The van der Waals surface area contributed by atoms with Crippen LogP contribution in [-0.2, 0) is 10.0 Å². The van der Waals surface area contributed by atoms with Crippen molar-refractivity contribution in [1.82, 2.24) is 9.62 Å². The van der Waals surface area contributed by atoms with Crippen molar-refractivity contribution in [3.8, 4) is 5.75 Å². The van der Waals surface area contributed by atoms with Crippen molar-refractivity contribution in [2.75, 3.05) is 31.6 Å². The molecule has 0 radical (unpaired) electrons. The van der Waals surface area contributed by atoms with E-state index in [2.05, 4.69) is 10.2 Å². The van der Waals surface area contributed by atoms with E-state index in [4.69, 9.17) is 4.74 Å². The Morgan fingerprint density at radius 2 is 1.73 bits per heavy atom. The minimum absolute atomic E-state index is 0.0166. The molecule has 1 N–H and O–H groups in total. The zero-order valence-corrected chi connectivity index (χ0v) is 20.2. The fourth-order valence-corrected chi connectivity index (χ4v) is 6.45. The van der Waals surface area contributed by atoms with Crippen LogP contribution in [-0.4, -0.2) is 57.5 Å². The average Bonchev–Trinajstić information content (AvgIpc) is 2.85. The number of amides is 1. The first-order valence-electron chi connectivity index (χ1n) is 11.7. The molecule has 2 aliphatic heterocycles. The third-order valence-corrected chi connectivity index (χ3v) is 8.72. The summed E-state index contributed by atoms with van der Waals surface area (Å²) >= 11 is 0. The zero-order chi connectivity index (χ0) is 23.4. The fraction of sp³-hybridized carbons (Fsp3) is 0.480. The van der Waals surface area contributed by atoms with E-state index in [-0.39, 0.29) is 22.9 Å². The summed E-state index contributed by atoms with van der Waals surface area (Å²) in [5.74, 6) is 0.613. The minimum atomic E-state index is -3.61. The standard InChI is InChI=1S/C25H33N3O4S/c1-19-6-3-4-15-28(19)33(30,31)24-8-5-7-20(18-24)25(29)26-21-13-16-27(17-14-21)22-9-11-23(32-2)12-10-22/h5,7-12,18-19,21H,3-4,6,13-17H2,1-2H3,(H,26,29). The van der Waals surface area contributed by atoms with E-state index in [1.807, 2.05) is 31.2 Å². The number of piperidine rings is 2. The topological polar surface area (TPSA) is 79.0 Å². The molecule has 2 saturated heterocycles. The maximum atomic E-state index is 13.2. The number of carbonyl (C=O) groups excluding carboxylic acids is 1. The number of rotatable bonds is 6. The summed E-state index contributed by atoms with van der Waals surface area (Å²) in [6.45, 7) is 4.18. The molecule has 0 saturated carbocycles. The first-order valence-corrected chi connectivity index (χ1v) is 13.1. The molecule has 1 atom stereocenters. The molecule has 0 aliphatic carbocycles. The molecule has 2 fully saturated rings. The van der Waals surface area contributed by atoms with Gasteiger partial charge in [0.25, 0.3) is 5.91 Å². The van der Waals surface area contributed by atoms with Gasteiger partial charge in [-0.05, 0) is 75.1 Å². The van der Waals surface area contributed by atoms with Gasteiger partial charge in [-0.1, -0.05) is 12.5 Å². The summed E-state index contributed by atoms with van der Waals surface area (Å²) in [6.07, 6.45) is 4.46. The Morgan fingerprint density at radius 1 is 1.00 bits per heavy atom. The molecular weight excluding hydrogens is 438 g/mol. The van der Waals surface area contributed by atoms with Gasteiger partial charge in [-0.2, -0.15) is 4.31 Å². The van der Waals surface area contributed by atoms with Crippen LogP contribution in [0.4, 0.5) is 5.69 Å². The van der Waals surface area contributed by atoms with Crippen molar-refractivity contribution >= 4 is 21.6 Å². The van der Waals surface area contributed by atoms with Gasteiger partial charge >= 0.3 is 0 Å². The van der Waals surface area contributed by atoms with E-state index in [9.17, 15) is 13.2 Å². The lowest BCUT2D eigenvalue weighted by Gasteiger charge is -2.34. The summed E-state index contributed by atoms with van der Waals surface area (Å²) in [5.41, 5.74) is 1.53. The Labute approximate surface area is 196 Å². The first-order chi connectivity index (χ1) is 15.9. The molecule has 2 heterocycles. The second-order valence-electron chi connectivity index (χ2n) is 8.92. The molecule has 0 spiro atoms. The highest BCUT2D eigenvalue weighted by atomic mass is 32.2. The Morgan fingerprint density at radius 3 is 2.39 bits per heavy atom. The highest BCUT2D eigenvalue weighted by Gasteiger charge is 2.31. The van der Waals surface area contributed by atoms with E-state index in [1.165, 1.54) is 6.07 Å². The van der Waals surface area contributed by atoms with Crippen LogP contribution in [0.2, 0.25) is 0 Å². The quantitative estimate of drug-likeness (QED) is 0.696. The lowest BCUT2D eigenvalue weighted by Crippen LogP contribution is -2.44. The SMILES string of the molecule is COc1ccc(N2CCC(NC(=O)c3cccc(S(=O)(=O)N4CCCCC4C)c3)CC2)cc1. The first kappa shape index (κ1) is 23.6. The van der Waals surface area contributed by atoms with Gasteiger partial charge in [0.15, 0.2) is 0 Å². The van der Waals surface area contributed by atoms with Crippen LogP contribution in [0.1, 0.15) is 49.4 Å². The Kier molecular flexibility index (Phi) is 7.24. The normalized spacial score (nSPS) is 20.4. The molecule has 2 aromatic rings. The lowest BCUT2D eigenvalue weighted by atomic mass is 10.0. The van der Waals surface area contributed by atoms with Gasteiger partial charge in [-0.15, -0.1) is 0 Å². The molecule has 8 heteroatoms. The number of hydrogen-bond acceptors (Lipinski definition) is 5. The van der Waals surface area contributed by atoms with Crippen molar-refractivity contribution in [1.29, 1.82) is 0 Å². The van der Waals surface area contributed by atoms with Gasteiger partial charge in [0.05, 0.1) is 12.0 Å². The smallest absolute Gasteiger partial charge is 0.251 e. The second-order valence-corrected chi connectivity index (χ2v) is 10.8. The van der Waals surface area contributed by atoms with Crippen molar-refractivity contribution in [2.45, 2.75) is 56.0 Å². The number of ether oxygens (including phenoxy) is 1. The van der Waals surface area contributed by atoms with Gasteiger partial charge in [0.2, 0.25) is 10.0 Å². The summed E-state index contributed by atoms with van der Waals surface area (Å²) in [5, 5.41) is 3.10. The van der Waals surface area contributed by atoms with Gasteiger partial charge < -0.3 is 15.0 Å². The molecule has 1 amide bonds. The van der Waals surface area contributed by atoms with Gasteiger partial charge in [0, 0.05) is 43.0 Å². The van der Waals surface area contributed by atoms with Gasteiger partial charge in [-0.25, -0.2) is 8.42 Å². The molecule has 0 aromatic heterocycles. The second kappa shape index (κ2) is 10.1. The van der Waals surface area contributed by atoms with Crippen molar-refractivity contribution in [3.63, 3.8) is 0 Å². The van der Waals surface area contributed by atoms with Crippen LogP contribution in [0.3, 0.4) is 0 Å². The van der Waals surface area contributed by atoms with Crippen LogP contribution < -0.4 is 15.0 Å². The monoisotopic (exact) mass is 471 g/mol. The lowest BCUT2D eigenvalue weighted by molar-refractivity contribution is 0.0931. The summed E-state index contributed by atoms with van der Waals surface area (Å²) in [7, 11) is -1.95. The van der Waals surface area contributed by atoms with Crippen molar-refractivity contribution in [3.05, 3.63) is 54.1 Å². The predicted molar refractivity (Wildman–Crippen MR) is 129 cm³/mol. The molecule has 0 bridgehead atoms. The van der Waals surface area contributed by atoms with E-state index >= 15 is 0 Å². The number of methoxy groups -OCH3 is 1. The number of carbonyl (C=O) groups is 1. The van der Waals surface area contributed by atoms with E-state index in [1.54, 1.807) is 29.6 Å². The van der Waals surface area contributed by atoms with E-state index < -0.39 is 10.0 Å². The number of hydrogen-bond donors (Lipinski definition) is 1. The largest absolute Gasteiger partial charge is 0.497 e. The van der Waals surface area contributed by atoms with E-state index in [0.29, 0.717) is 12.1 Å². The van der Waals surface area contributed by atoms with Crippen LogP contribution in [0.25, 0.3) is 0 Å². The molecular formula is C25H33N3O4S. The maximum Gasteiger partial charge on any atom is 0.251 e. The van der Waals surface area contributed by atoms with Crippen molar-refractivity contribution in [2.24, 2.45) is 0 Å². The van der Waals surface area contributed by atoms with Gasteiger partial charge in [0.1, 0.15) is 5.75 Å². The average molecular weight is 472 g/mol. The summed E-state index contributed by atoms with van der Waals surface area (Å²) in [6, 6.07) is 14.5. The molecule has 2 aliphatic rings. The van der Waals surface area contributed by atoms with Crippen LogP contribution >= 0.6 is 0 Å². The minimum Gasteiger partial charge on any atom is -0.497 e. The number of nitrogens with zero attached hydrogens (tertiary/aromatic N) is 2. The fourth-order valence-electron chi connectivity index (χ4n) is 4.71. The van der Waals surface area contributed by atoms with Crippen LogP contribution in [0.15, 0.2) is 53.4 Å². The Hall–Kier alpha value is -2.58. The molecule has 7 nitrogen and oxygen atoms in total. The van der Waals surface area contributed by atoms with Gasteiger partial charge in [-0.3, -0.25) is 4.79 Å². The maximum absolute atomic E-state index is 13.2. The predicted octanol–water partition coefficient (Wildman–Crippen LogP) is 3.66. The van der Waals surface area contributed by atoms with Crippen LogP contribution in [0, 0.1) is 0 Å². The zero-order valence-electron chi connectivity index (χ0n) is 19.4. The summed E-state index contributed by atoms with van der Waals surface area (Å²) < 4.78 is 33.1. The van der Waals surface area contributed by atoms with Crippen LogP contribution in [0.5, 0.6) is 5.75 Å². The number of nitrogens with one attached hydrogen (secondary N) is 1. The Bertz CT molecular complexity index is 1060. The third-order valence-electron chi connectivity index (χ3n) is 6.71. The van der Waals surface area contributed by atoms with E-state index in [0.717, 1.165) is 56.6 Å². The highest BCUT2D eigenvalue weighted by Crippen LogP contribution is 2.26. The molecule has 1 unspecified atom stereocenters. The summed E-state index contributed by atoms with van der Waals surface area (Å²) in [4.78, 5) is 15.4. The number of anilines is 1. The highest BCUT2D eigenvalue weighted by molar-refractivity contribution is 7.89. The van der Waals surface area contributed by atoms with Crippen molar-refractivity contribution < 1.29 is 17.9 Å². The Balaban J connectivity index is 1.37. The third kappa shape index (κ3) is 5.33. The molecule has 178 valence electrons.